The number of aryl methyl sites for hydroxylation is 2. The van der Waals surface area contributed by atoms with Gasteiger partial charge in [0.1, 0.15) is 0 Å². The van der Waals surface area contributed by atoms with Crippen molar-refractivity contribution in [1.82, 2.24) is 0 Å². The van der Waals surface area contributed by atoms with E-state index in [4.69, 9.17) is 9.47 Å². The molecular formula is C26H23NO3. The maximum absolute atomic E-state index is 12.8. The highest BCUT2D eigenvalue weighted by Crippen LogP contribution is 2.33. The van der Waals surface area contributed by atoms with Crippen LogP contribution in [-0.4, -0.2) is 12.6 Å². The molecule has 0 aromatic heterocycles. The molecule has 0 spiro atoms. The van der Waals surface area contributed by atoms with Crippen molar-refractivity contribution >= 4 is 17.5 Å². The zero-order valence-corrected chi connectivity index (χ0v) is 17.1. The number of rotatable bonds is 4. The number of hydrogen-bond acceptors (Lipinski definition) is 4. The van der Waals surface area contributed by atoms with Crippen LogP contribution in [0.25, 0.3) is 6.08 Å². The third-order valence-corrected chi connectivity index (χ3v) is 5.86. The molecule has 0 radical (unpaired) electrons. The van der Waals surface area contributed by atoms with Crippen molar-refractivity contribution in [3.63, 3.8) is 0 Å². The number of ether oxygens (including phenoxy) is 2. The average Bonchev–Trinajstić information content (AvgIpc) is 3.38. The van der Waals surface area contributed by atoms with Gasteiger partial charge >= 0.3 is 0 Å². The molecule has 0 bridgehead atoms. The second-order valence-electron chi connectivity index (χ2n) is 7.92. The summed E-state index contributed by atoms with van der Waals surface area (Å²) in [6.07, 6.45) is 3.43. The van der Waals surface area contributed by atoms with Gasteiger partial charge in [-0.25, -0.2) is 0 Å². The van der Waals surface area contributed by atoms with Crippen LogP contribution in [0.5, 0.6) is 11.5 Å². The van der Waals surface area contributed by atoms with E-state index in [0.29, 0.717) is 11.3 Å². The van der Waals surface area contributed by atoms with Crippen molar-refractivity contribution in [2.45, 2.75) is 26.9 Å². The molecule has 0 unspecified atom stereocenters. The van der Waals surface area contributed by atoms with Crippen LogP contribution in [0, 0.1) is 13.8 Å². The van der Waals surface area contributed by atoms with E-state index < -0.39 is 0 Å². The Bertz CT molecular complexity index is 1150. The molecule has 0 N–H and O–H groups in total. The monoisotopic (exact) mass is 397 g/mol. The molecule has 3 aromatic rings. The van der Waals surface area contributed by atoms with Gasteiger partial charge in [0.15, 0.2) is 17.3 Å². The molecule has 0 atom stereocenters. The van der Waals surface area contributed by atoms with Crippen LogP contribution in [0.4, 0.5) is 5.69 Å². The van der Waals surface area contributed by atoms with E-state index in [1.807, 2.05) is 42.5 Å². The van der Waals surface area contributed by atoms with E-state index in [0.717, 1.165) is 30.1 Å². The largest absolute Gasteiger partial charge is 0.454 e. The van der Waals surface area contributed by atoms with Crippen LogP contribution in [0.2, 0.25) is 0 Å². The van der Waals surface area contributed by atoms with E-state index >= 15 is 0 Å². The molecule has 3 aromatic carbocycles. The minimum atomic E-state index is -0.0158. The Kier molecular flexibility index (Phi) is 4.55. The number of ketones is 1. The summed E-state index contributed by atoms with van der Waals surface area (Å²) in [6.45, 7) is 6.31. The van der Waals surface area contributed by atoms with Gasteiger partial charge in [-0.05, 0) is 72.0 Å². The molecular weight excluding hydrogens is 374 g/mol. The van der Waals surface area contributed by atoms with Crippen molar-refractivity contribution in [2.24, 2.45) is 0 Å². The summed E-state index contributed by atoms with van der Waals surface area (Å²) in [5, 5.41) is 0. The number of allylic oxidation sites excluding steroid dienone is 1. The average molecular weight is 397 g/mol. The lowest BCUT2D eigenvalue weighted by Gasteiger charge is -2.18. The number of nitrogens with zero attached hydrogens (tertiary/aromatic N) is 1. The Hall–Kier alpha value is -3.53. The first-order chi connectivity index (χ1) is 14.6. The van der Waals surface area contributed by atoms with Gasteiger partial charge in [-0.3, -0.25) is 4.79 Å². The molecule has 0 amide bonds. The SMILES string of the molecule is Cc1cc2c(cc1C)CN(c1cccc(C(=O)/C=C/c3ccc4c(c3)OCO4)c1)C2. The predicted octanol–water partition coefficient (Wildman–Crippen LogP) is 5.45. The van der Waals surface area contributed by atoms with E-state index in [-0.39, 0.29) is 12.6 Å². The third kappa shape index (κ3) is 3.45. The van der Waals surface area contributed by atoms with Gasteiger partial charge in [-0.1, -0.05) is 36.4 Å². The number of anilines is 1. The second-order valence-corrected chi connectivity index (χ2v) is 7.92. The van der Waals surface area contributed by atoms with Crippen LogP contribution in [0.3, 0.4) is 0 Å². The Morgan fingerprint density at radius 2 is 1.63 bits per heavy atom. The van der Waals surface area contributed by atoms with Gasteiger partial charge in [0, 0.05) is 24.3 Å². The summed E-state index contributed by atoms with van der Waals surface area (Å²) in [6, 6.07) is 18.1. The second kappa shape index (κ2) is 7.38. The normalized spacial score (nSPS) is 14.4. The number of carbonyl (C=O) groups is 1. The lowest BCUT2D eigenvalue weighted by atomic mass is 10.0. The molecule has 2 heterocycles. The quantitative estimate of drug-likeness (QED) is 0.434. The smallest absolute Gasteiger partial charge is 0.231 e. The number of hydrogen-bond donors (Lipinski definition) is 0. The molecule has 0 aliphatic carbocycles. The Labute approximate surface area is 176 Å². The number of benzene rings is 3. The third-order valence-electron chi connectivity index (χ3n) is 5.86. The number of carbonyl (C=O) groups excluding carboxylic acids is 1. The summed E-state index contributed by atoms with van der Waals surface area (Å²) >= 11 is 0. The first kappa shape index (κ1) is 18.5. The molecule has 30 heavy (non-hydrogen) atoms. The maximum Gasteiger partial charge on any atom is 0.231 e. The minimum absolute atomic E-state index is 0.0158. The summed E-state index contributed by atoms with van der Waals surface area (Å²) in [5.74, 6) is 1.44. The first-order valence-corrected chi connectivity index (χ1v) is 10.1. The molecule has 2 aliphatic heterocycles. The van der Waals surface area contributed by atoms with Gasteiger partial charge < -0.3 is 14.4 Å². The van der Waals surface area contributed by atoms with E-state index in [1.54, 1.807) is 6.08 Å². The van der Waals surface area contributed by atoms with Crippen LogP contribution in [-0.2, 0) is 13.1 Å². The molecule has 4 nitrogen and oxygen atoms in total. The van der Waals surface area contributed by atoms with Gasteiger partial charge in [0.05, 0.1) is 0 Å². The fourth-order valence-electron chi connectivity index (χ4n) is 4.02. The molecule has 0 fully saturated rings. The van der Waals surface area contributed by atoms with Crippen LogP contribution in [0.15, 0.2) is 60.7 Å². The van der Waals surface area contributed by atoms with E-state index in [9.17, 15) is 4.79 Å². The minimum Gasteiger partial charge on any atom is -0.454 e. The van der Waals surface area contributed by atoms with E-state index in [2.05, 4.69) is 36.9 Å². The van der Waals surface area contributed by atoms with Crippen molar-refractivity contribution in [1.29, 1.82) is 0 Å². The lowest BCUT2D eigenvalue weighted by Crippen LogP contribution is -2.14. The topological polar surface area (TPSA) is 38.8 Å². The summed E-state index contributed by atoms with van der Waals surface area (Å²) in [5.41, 5.74) is 8.07. The first-order valence-electron chi connectivity index (χ1n) is 10.1. The van der Waals surface area contributed by atoms with E-state index in [1.165, 1.54) is 22.3 Å². The molecule has 2 aliphatic rings. The fraction of sp³-hybridized carbons (Fsp3) is 0.192. The number of fused-ring (bicyclic) bond motifs is 2. The maximum atomic E-state index is 12.8. The predicted molar refractivity (Wildman–Crippen MR) is 118 cm³/mol. The molecule has 0 saturated heterocycles. The molecule has 150 valence electrons. The highest BCUT2D eigenvalue weighted by Gasteiger charge is 2.20. The zero-order chi connectivity index (χ0) is 20.7. The summed E-state index contributed by atoms with van der Waals surface area (Å²) in [4.78, 5) is 15.1. The summed E-state index contributed by atoms with van der Waals surface area (Å²) < 4.78 is 10.7. The van der Waals surface area contributed by atoms with Crippen molar-refractivity contribution < 1.29 is 14.3 Å². The Morgan fingerprint density at radius 3 is 2.40 bits per heavy atom. The fourth-order valence-corrected chi connectivity index (χ4v) is 4.02. The van der Waals surface area contributed by atoms with Gasteiger partial charge in [-0.2, -0.15) is 0 Å². The van der Waals surface area contributed by atoms with Crippen LogP contribution >= 0.6 is 0 Å². The molecule has 4 heteroatoms. The molecule has 0 saturated carbocycles. The Balaban J connectivity index is 1.33. The Morgan fingerprint density at radius 1 is 0.900 bits per heavy atom. The molecule has 5 rings (SSSR count). The van der Waals surface area contributed by atoms with Gasteiger partial charge in [-0.15, -0.1) is 0 Å². The van der Waals surface area contributed by atoms with Gasteiger partial charge in [0.25, 0.3) is 0 Å². The van der Waals surface area contributed by atoms with Crippen molar-refractivity contribution in [3.05, 3.63) is 94.1 Å². The van der Waals surface area contributed by atoms with Crippen molar-refractivity contribution in [3.8, 4) is 11.5 Å². The highest BCUT2D eigenvalue weighted by atomic mass is 16.7. The standard InChI is InChI=1S/C26H23NO3/c1-17-10-21-14-27(15-22(21)11-18(17)2)23-5-3-4-20(13-23)24(28)8-6-19-7-9-25-26(12-19)30-16-29-25/h3-13H,14-16H2,1-2H3/b8-6+. The summed E-state index contributed by atoms with van der Waals surface area (Å²) in [7, 11) is 0. The lowest BCUT2D eigenvalue weighted by molar-refractivity contribution is 0.104. The van der Waals surface area contributed by atoms with Crippen LogP contribution < -0.4 is 14.4 Å². The highest BCUT2D eigenvalue weighted by molar-refractivity contribution is 6.07. The zero-order valence-electron chi connectivity index (χ0n) is 17.1. The van der Waals surface area contributed by atoms with Crippen molar-refractivity contribution in [2.75, 3.05) is 11.7 Å². The van der Waals surface area contributed by atoms with Gasteiger partial charge in [0.2, 0.25) is 6.79 Å². The van der Waals surface area contributed by atoms with Crippen LogP contribution in [0.1, 0.15) is 38.2 Å².